The molecule has 10 heavy (non-hydrogen) atoms. The molecule has 0 aromatic rings. The van der Waals surface area contributed by atoms with E-state index in [1.54, 1.807) is 0 Å². The molecule has 6 heteroatoms. The van der Waals surface area contributed by atoms with Gasteiger partial charge in [-0.05, 0) is 13.7 Å². The third-order valence-electron chi connectivity index (χ3n) is 0.322. The molecule has 0 aromatic carbocycles. The number of phosphoric acid groups is 1. The maximum Gasteiger partial charge on any atom is 0.472 e. The fourth-order valence-corrected chi connectivity index (χ4v) is 0.402. The molecule has 1 radical (unpaired) electrons. The van der Waals surface area contributed by atoms with Crippen LogP contribution in [0.25, 0.3) is 0 Å². The third kappa shape index (κ3) is 7.85. The van der Waals surface area contributed by atoms with Crippen LogP contribution >= 0.6 is 7.82 Å². The van der Waals surface area contributed by atoms with E-state index in [0.717, 1.165) is 0 Å². The molecule has 0 amide bonds. The first kappa shape index (κ1) is 3.48. The molecule has 4 nitrogen and oxygen atoms in total. The molecule has 0 spiro atoms. The topological polar surface area (TPSA) is 55.8 Å². The fourth-order valence-electron chi connectivity index (χ4n) is 0.134. The van der Waals surface area contributed by atoms with Crippen molar-refractivity contribution >= 4 is 59.2 Å². The Kier molecular flexibility index (Phi) is 2.57. The fraction of sp³-hybridized carbons (Fsp3) is 1.00. The van der Waals surface area contributed by atoms with Gasteiger partial charge in [0.15, 0.2) is 0 Å². The Balaban J connectivity index is 0. The van der Waals surface area contributed by atoms with Crippen molar-refractivity contribution in [1.82, 2.24) is 0 Å². The van der Waals surface area contributed by atoms with Gasteiger partial charge >= 0.3 is 7.82 Å². The van der Waals surface area contributed by atoms with Crippen molar-refractivity contribution in [3.63, 3.8) is 0 Å². The van der Waals surface area contributed by atoms with Crippen LogP contribution in [0, 0.1) is 0 Å². The van der Waals surface area contributed by atoms with Gasteiger partial charge in [-0.25, -0.2) is 4.57 Å². The molecule has 0 fully saturated rings. The SMILES string of the molecule is [2H]C([2H])([2H])C([2H])([2H])OP(=O)(O)OC([2H])([2H])C([2H])([2H])[2H].[K]. The largest absolute Gasteiger partial charge is 0.472 e. The molecular formula is C4H11KO4P. The zero-order chi connectivity index (χ0) is 15.9. The van der Waals surface area contributed by atoms with Crippen LogP contribution in [0.15, 0.2) is 0 Å². The van der Waals surface area contributed by atoms with Gasteiger partial charge in [0.05, 0.1) is 18.6 Å². The van der Waals surface area contributed by atoms with E-state index in [9.17, 15) is 4.57 Å². The molecule has 0 rings (SSSR count). The maximum absolute atomic E-state index is 11.3. The van der Waals surface area contributed by atoms with Crippen LogP contribution in [0.3, 0.4) is 0 Å². The quantitative estimate of drug-likeness (QED) is 0.542. The van der Waals surface area contributed by atoms with Crippen molar-refractivity contribution in [3.8, 4) is 0 Å². The van der Waals surface area contributed by atoms with E-state index >= 15 is 0 Å². The minimum absolute atomic E-state index is 0. The molecular weight excluding hydrogens is 182 g/mol. The van der Waals surface area contributed by atoms with Crippen molar-refractivity contribution in [2.75, 3.05) is 13.1 Å². The summed E-state index contributed by atoms with van der Waals surface area (Å²) in [4.78, 5) is 9.04. The summed E-state index contributed by atoms with van der Waals surface area (Å²) in [5, 5.41) is 0. The first-order valence-corrected chi connectivity index (χ1v) is 3.15. The smallest absolute Gasteiger partial charge is 0.302 e. The molecule has 0 aliphatic carbocycles. The Morgan fingerprint density at radius 1 is 1.60 bits per heavy atom. The molecule has 0 saturated carbocycles. The number of hydrogen-bond acceptors (Lipinski definition) is 3. The normalized spacial score (nSPS) is 30.9. The second-order valence-electron chi connectivity index (χ2n) is 0.855. The van der Waals surface area contributed by atoms with Gasteiger partial charge in [-0.2, -0.15) is 0 Å². The van der Waals surface area contributed by atoms with Crippen LogP contribution in [-0.2, 0) is 13.6 Å². The molecule has 0 aliphatic heterocycles. The van der Waals surface area contributed by atoms with Gasteiger partial charge < -0.3 is 4.89 Å². The van der Waals surface area contributed by atoms with Crippen molar-refractivity contribution in [2.24, 2.45) is 0 Å². The van der Waals surface area contributed by atoms with Gasteiger partial charge in [-0.15, -0.1) is 0 Å². The van der Waals surface area contributed by atoms with Crippen LogP contribution in [0.1, 0.15) is 27.4 Å². The van der Waals surface area contributed by atoms with Gasteiger partial charge in [0.25, 0.3) is 0 Å². The summed E-state index contributed by atoms with van der Waals surface area (Å²) in [6.07, 6.45) is 0. The molecule has 0 aliphatic rings. The van der Waals surface area contributed by atoms with Crippen LogP contribution in [0.4, 0.5) is 0 Å². The van der Waals surface area contributed by atoms with Crippen LogP contribution < -0.4 is 0 Å². The molecule has 0 unspecified atom stereocenters. The van der Waals surface area contributed by atoms with E-state index in [0.29, 0.717) is 0 Å². The second-order valence-corrected chi connectivity index (χ2v) is 2.16. The minimum atomic E-state index is -5.60. The Bertz CT molecular complexity index is 344. The summed E-state index contributed by atoms with van der Waals surface area (Å²) in [6, 6.07) is 0. The van der Waals surface area contributed by atoms with Crippen LogP contribution in [0.5, 0.6) is 0 Å². The van der Waals surface area contributed by atoms with Gasteiger partial charge in [0, 0.05) is 59.6 Å². The summed E-state index contributed by atoms with van der Waals surface area (Å²) in [6.45, 7) is -14.2. The van der Waals surface area contributed by atoms with Gasteiger partial charge in [-0.1, -0.05) is 0 Å². The predicted molar refractivity (Wildman–Crippen MR) is 38.8 cm³/mol. The summed E-state index contributed by atoms with van der Waals surface area (Å²) < 4.78 is 86.5. The predicted octanol–water partition coefficient (Wildman–Crippen LogP) is 0.779. The summed E-state index contributed by atoms with van der Waals surface area (Å²) in [5.41, 5.74) is 0. The molecule has 0 atom stereocenters. The Morgan fingerprint density at radius 3 is 2.30 bits per heavy atom. The molecule has 0 heterocycles. The minimum Gasteiger partial charge on any atom is -0.302 e. The van der Waals surface area contributed by atoms with E-state index in [4.69, 9.17) is 18.6 Å². The second kappa shape index (κ2) is 7.40. The number of hydrogen-bond donors (Lipinski definition) is 1. The molecule has 0 aromatic heterocycles. The van der Waals surface area contributed by atoms with Gasteiger partial charge in [0.2, 0.25) is 0 Å². The standard InChI is InChI=1S/C4H11O4P.K/c1-3-7-9(5,6)8-4-2;/h3-4H2,1-2H3,(H,5,6);/i1D3,2D3,3D2,4D2;. The Labute approximate surface area is 117 Å². The number of rotatable bonds is 4. The average Bonchev–Trinajstić information content (AvgIpc) is 1.93. The van der Waals surface area contributed by atoms with E-state index < -0.39 is 34.6 Å². The van der Waals surface area contributed by atoms with Crippen molar-refractivity contribution in [3.05, 3.63) is 0 Å². The van der Waals surface area contributed by atoms with E-state index in [1.165, 1.54) is 0 Å². The van der Waals surface area contributed by atoms with E-state index in [2.05, 4.69) is 9.05 Å². The summed E-state index contributed by atoms with van der Waals surface area (Å²) >= 11 is 0. The first-order valence-electron chi connectivity index (χ1n) is 6.66. The molecule has 0 bridgehead atoms. The molecule has 0 saturated heterocycles. The molecule has 1 N–H and O–H groups in total. The van der Waals surface area contributed by atoms with Crippen molar-refractivity contribution in [2.45, 2.75) is 13.7 Å². The summed E-state index contributed by atoms with van der Waals surface area (Å²) in [5.74, 6) is 0. The van der Waals surface area contributed by atoms with Gasteiger partial charge in [-0.3, -0.25) is 9.05 Å². The summed E-state index contributed by atoms with van der Waals surface area (Å²) in [7, 11) is -5.60. The van der Waals surface area contributed by atoms with E-state index in [1.807, 2.05) is 0 Å². The van der Waals surface area contributed by atoms with Crippen LogP contribution in [0.2, 0.25) is 0 Å². The Hall–Kier alpha value is 1.75. The zero-order valence-corrected chi connectivity index (χ0v) is 9.14. The van der Waals surface area contributed by atoms with Crippen LogP contribution in [-0.4, -0.2) is 69.4 Å². The van der Waals surface area contributed by atoms with Gasteiger partial charge in [0.1, 0.15) is 0 Å². The Morgan fingerprint density at radius 2 is 2.00 bits per heavy atom. The monoisotopic (exact) mass is 203 g/mol. The van der Waals surface area contributed by atoms with E-state index in [-0.39, 0.29) is 51.4 Å². The maximum atomic E-state index is 11.3. The number of phosphoric ester groups is 1. The molecule has 57 valence electrons. The first-order chi connectivity index (χ1) is 7.91. The van der Waals surface area contributed by atoms with Crippen molar-refractivity contribution < 1.29 is 32.2 Å². The van der Waals surface area contributed by atoms with Crippen molar-refractivity contribution in [1.29, 1.82) is 0 Å². The zero-order valence-electron chi connectivity index (χ0n) is 15.1. The third-order valence-corrected chi connectivity index (χ3v) is 0.966. The average molecular weight is 203 g/mol.